The summed E-state index contributed by atoms with van der Waals surface area (Å²) in [7, 11) is 0. The third-order valence-corrected chi connectivity index (χ3v) is 15.3. The summed E-state index contributed by atoms with van der Waals surface area (Å²) >= 11 is 0. The van der Waals surface area contributed by atoms with Gasteiger partial charge >= 0.3 is 0 Å². The van der Waals surface area contributed by atoms with Gasteiger partial charge in [0.25, 0.3) is 0 Å². The number of hydrogen-bond acceptors (Lipinski definition) is 36. The highest BCUT2D eigenvalue weighted by molar-refractivity contribution is 5.73. The molecule has 23 N–H and O–H groups in total. The summed E-state index contributed by atoms with van der Waals surface area (Å²) in [5.74, 6) is -1.79. The lowest BCUT2D eigenvalue weighted by atomic mass is 9.93. The van der Waals surface area contributed by atoms with Crippen molar-refractivity contribution in [1.82, 2.24) is 10.6 Å². The third-order valence-electron chi connectivity index (χ3n) is 15.3. The molecule has 35 atom stereocenters. The maximum absolute atomic E-state index is 12.8. The van der Waals surface area contributed by atoms with Gasteiger partial charge in [-0.1, -0.05) is 0 Å². The zero-order valence-corrected chi connectivity index (χ0v) is 44.7. The number of rotatable bonds is 21. The van der Waals surface area contributed by atoms with Crippen LogP contribution in [0, 0.1) is 0 Å². The molecule has 38 nitrogen and oxygen atoms in total. The molecule has 7 rings (SSSR count). The van der Waals surface area contributed by atoms with Crippen molar-refractivity contribution in [2.24, 2.45) is 0 Å². The number of carbonyl (C=O) groups excluding carboxylic acids is 2. The first-order valence-electron chi connectivity index (χ1n) is 26.6. The normalized spacial score (nSPS) is 50.3. The summed E-state index contributed by atoms with van der Waals surface area (Å²) in [4.78, 5) is 25.5. The van der Waals surface area contributed by atoms with E-state index in [-0.39, 0.29) is 0 Å². The minimum Gasteiger partial charge on any atom is -0.394 e. The number of carbonyl (C=O) groups is 2. The van der Waals surface area contributed by atoms with Crippen LogP contribution in [-0.4, -0.2) is 380 Å². The van der Waals surface area contributed by atoms with E-state index in [1.54, 1.807) is 0 Å². The summed E-state index contributed by atoms with van der Waals surface area (Å²) < 4.78 is 74.2. The lowest BCUT2D eigenvalue weighted by molar-refractivity contribution is -0.388. The minimum atomic E-state index is -2.31. The van der Waals surface area contributed by atoms with Gasteiger partial charge in [-0.2, -0.15) is 0 Å². The van der Waals surface area contributed by atoms with Crippen LogP contribution >= 0.6 is 0 Å². The summed E-state index contributed by atoms with van der Waals surface area (Å²) in [5.41, 5.74) is 0. The fourth-order valence-corrected chi connectivity index (χ4v) is 10.8. The molecule has 0 radical (unpaired) electrons. The van der Waals surface area contributed by atoms with E-state index in [9.17, 15) is 117 Å². The van der Waals surface area contributed by atoms with E-state index in [1.807, 2.05) is 0 Å². The van der Waals surface area contributed by atoms with Crippen molar-refractivity contribution in [3.8, 4) is 0 Å². The Labute approximate surface area is 475 Å². The topological polar surface area (TPSA) is 603 Å². The Morgan fingerprint density at radius 3 is 1.02 bits per heavy atom. The number of amides is 2. The van der Waals surface area contributed by atoms with Gasteiger partial charge in [0.05, 0.1) is 46.2 Å². The summed E-state index contributed by atoms with van der Waals surface area (Å²) in [5, 5.41) is 230. The zero-order chi connectivity index (χ0) is 61.9. The Morgan fingerprint density at radius 1 is 0.286 bits per heavy atom. The molecule has 0 bridgehead atoms. The highest BCUT2D eigenvalue weighted by Gasteiger charge is 2.59. The molecule has 7 aliphatic rings. The third kappa shape index (κ3) is 14.6. The molecule has 488 valence electrons. The first-order chi connectivity index (χ1) is 39.8. The van der Waals surface area contributed by atoms with Crippen LogP contribution in [0.15, 0.2) is 0 Å². The Bertz CT molecular complexity index is 2060. The lowest BCUT2D eigenvalue weighted by Gasteiger charge is -2.51. The first kappa shape index (κ1) is 69.1. The van der Waals surface area contributed by atoms with E-state index in [1.165, 1.54) is 0 Å². The van der Waals surface area contributed by atoms with Crippen LogP contribution in [0.25, 0.3) is 0 Å². The van der Waals surface area contributed by atoms with Crippen molar-refractivity contribution in [2.75, 3.05) is 46.2 Å². The summed E-state index contributed by atoms with van der Waals surface area (Å²) in [6.45, 7) is -5.11. The fourth-order valence-electron chi connectivity index (χ4n) is 10.8. The Hall–Kier alpha value is -2.42. The smallest absolute Gasteiger partial charge is 0.217 e. The van der Waals surface area contributed by atoms with Crippen LogP contribution in [0.5, 0.6) is 0 Å². The number of aliphatic hydroxyl groups excluding tert-OH is 21. The maximum atomic E-state index is 12.8. The zero-order valence-electron chi connectivity index (χ0n) is 44.7. The highest BCUT2D eigenvalue weighted by Crippen LogP contribution is 2.38. The molecule has 0 saturated carbocycles. The van der Waals surface area contributed by atoms with E-state index >= 15 is 0 Å². The highest BCUT2D eigenvalue weighted by atomic mass is 16.8. The van der Waals surface area contributed by atoms with Gasteiger partial charge in [0, 0.05) is 13.8 Å². The van der Waals surface area contributed by atoms with Crippen molar-refractivity contribution < 1.29 is 178 Å². The SMILES string of the molecule is CC(=O)N[C@H]1[C@H](O[C@H]2[C@@H](O)[C@@H](CO)O[C@@H](O[C@H]3[C@@H](O)[C@@H](CO)O[C@@H](O[C@@H]4[C@H](O)[C@@H](O)[C@H](O[C@H]5[C@H](O)[C@@H](O)[C@H](O)O[C@@H]5CO)O[C@@H]4CO)[C@@H]3NC(C)=O)[C@@H]2O)O[C@H](CO)[C@@H](O[C@@H]2O[C@H](CO)[C@H](O)[C@H](O[C@H]3O[C@H](CO)[C@H](O)[C@H](O)[C@H]3O)[C@H]2O)[C@@H]1O. The molecule has 7 saturated heterocycles. The summed E-state index contributed by atoms with van der Waals surface area (Å²) in [6, 6.07) is -3.68. The van der Waals surface area contributed by atoms with E-state index in [0.29, 0.717) is 0 Å². The molecule has 0 unspecified atom stereocenters. The van der Waals surface area contributed by atoms with Gasteiger partial charge in [-0.05, 0) is 0 Å². The lowest BCUT2D eigenvalue weighted by Crippen LogP contribution is -2.71. The van der Waals surface area contributed by atoms with Crippen molar-refractivity contribution in [3.05, 3.63) is 0 Å². The van der Waals surface area contributed by atoms with Crippen LogP contribution in [0.2, 0.25) is 0 Å². The van der Waals surface area contributed by atoms with Gasteiger partial charge in [0.15, 0.2) is 44.0 Å². The molecular weight excluding hydrogens is 1160 g/mol. The second-order valence-electron chi connectivity index (χ2n) is 21.0. The number of aliphatic hydroxyl groups is 21. The van der Waals surface area contributed by atoms with E-state index in [2.05, 4.69) is 10.6 Å². The van der Waals surface area contributed by atoms with Crippen molar-refractivity contribution in [2.45, 2.75) is 229 Å². The van der Waals surface area contributed by atoms with Crippen molar-refractivity contribution in [1.29, 1.82) is 0 Å². The van der Waals surface area contributed by atoms with Crippen LogP contribution < -0.4 is 10.6 Å². The molecule has 84 heavy (non-hydrogen) atoms. The van der Waals surface area contributed by atoms with Crippen LogP contribution in [0.1, 0.15) is 13.8 Å². The number of nitrogens with one attached hydrogen (secondary N) is 2. The minimum absolute atomic E-state index is 0.890. The molecule has 0 aromatic rings. The van der Waals surface area contributed by atoms with Gasteiger partial charge < -0.3 is 179 Å². The Balaban J connectivity index is 1.09. The largest absolute Gasteiger partial charge is 0.394 e. The molecule has 7 fully saturated rings. The fraction of sp³-hybridized carbons (Fsp3) is 0.957. The standard InChI is InChI=1S/C46H78N2O36/c1-10(56)47-19-25(62)34(80-45-33(70)39(24(61)15(6-52)75-45)84-43-30(67)26(63)21(58)12(3-49)74-43)17(8-54)77-41(19)83-38-23(60)14(5-51)76-46(32(38)69)82-37-20(48-11(2)57)42(73-13(4-50)22(37)59)79-36-18(9-55)78-44(31(68)28(36)65)81-35-16(7-53)72-40(71)29(66)27(35)64/h12-46,49-55,58-71H,3-9H2,1-2H3,(H,47,56)(H,48,57)/t12-,13-,14-,15-,16-,17-,18-,19-,20-,21+,22+,23+,24+,25-,26+,27-,28-,29-,30-,31-,32-,33-,34-,35-,36+,37-,38+,39+,40-,41+,42+,43-,44+,45+,46+/m1/s1. The molecule has 0 spiro atoms. The average molecular weight is 1240 g/mol. The molecule has 7 heterocycles. The average Bonchev–Trinajstić information content (AvgIpc) is 2.07. The second-order valence-corrected chi connectivity index (χ2v) is 21.0. The van der Waals surface area contributed by atoms with E-state index in [4.69, 9.17) is 61.6 Å². The van der Waals surface area contributed by atoms with Gasteiger partial charge in [0.1, 0.15) is 171 Å². The first-order valence-corrected chi connectivity index (χ1v) is 26.6. The van der Waals surface area contributed by atoms with Gasteiger partial charge in [-0.15, -0.1) is 0 Å². The van der Waals surface area contributed by atoms with Gasteiger partial charge in [0.2, 0.25) is 11.8 Å². The maximum Gasteiger partial charge on any atom is 0.217 e. The predicted octanol–water partition coefficient (Wildman–Crippen LogP) is -16.0. The Morgan fingerprint density at radius 2 is 0.571 bits per heavy atom. The van der Waals surface area contributed by atoms with Crippen molar-refractivity contribution in [3.63, 3.8) is 0 Å². The van der Waals surface area contributed by atoms with Gasteiger partial charge in [-0.3, -0.25) is 9.59 Å². The monoisotopic (exact) mass is 1230 g/mol. The van der Waals surface area contributed by atoms with Crippen LogP contribution in [0.4, 0.5) is 0 Å². The molecule has 38 heteroatoms. The molecule has 0 aromatic heterocycles. The number of ether oxygens (including phenoxy) is 13. The quantitative estimate of drug-likeness (QED) is 0.0507. The molecule has 0 aromatic carbocycles. The van der Waals surface area contributed by atoms with E-state index in [0.717, 1.165) is 13.8 Å². The van der Waals surface area contributed by atoms with E-state index < -0.39 is 273 Å². The molecule has 2 amide bonds. The second kappa shape index (κ2) is 29.9. The van der Waals surface area contributed by atoms with Crippen molar-refractivity contribution >= 4 is 11.8 Å². The Kier molecular flexibility index (Phi) is 24.6. The van der Waals surface area contributed by atoms with Gasteiger partial charge in [-0.25, -0.2) is 0 Å². The summed E-state index contributed by atoms with van der Waals surface area (Å²) in [6.07, 6.45) is -64.4. The molecule has 7 aliphatic heterocycles. The predicted molar refractivity (Wildman–Crippen MR) is 255 cm³/mol. The molecule has 0 aliphatic carbocycles. The molecular formula is C46H78N2O36. The van der Waals surface area contributed by atoms with Crippen LogP contribution in [0.3, 0.4) is 0 Å². The van der Waals surface area contributed by atoms with Crippen LogP contribution in [-0.2, 0) is 71.2 Å². The number of hydrogen-bond donors (Lipinski definition) is 23.